The van der Waals surface area contributed by atoms with Gasteiger partial charge in [-0.25, -0.2) is 0 Å². The molecule has 0 spiro atoms. The van der Waals surface area contributed by atoms with Crippen LogP contribution in [0.1, 0.15) is 30.4 Å². The molecule has 1 aliphatic heterocycles. The van der Waals surface area contributed by atoms with E-state index in [4.69, 9.17) is 0 Å². The Morgan fingerprint density at radius 2 is 2.11 bits per heavy atom. The van der Waals surface area contributed by atoms with Crippen molar-refractivity contribution in [1.82, 2.24) is 5.32 Å². The first-order chi connectivity index (χ1) is 8.18. The normalized spacial score (nSPS) is 18.9. The Bertz CT molecular complexity index is 414. The molecule has 1 aromatic carbocycles. The molecule has 18 heavy (non-hydrogen) atoms. The summed E-state index contributed by atoms with van der Waals surface area (Å²) in [7, 11) is 0. The number of piperidine rings is 1. The molecule has 1 aliphatic rings. The first-order valence-electron chi connectivity index (χ1n) is 6.29. The van der Waals surface area contributed by atoms with Crippen molar-refractivity contribution in [2.45, 2.75) is 39.2 Å². The van der Waals surface area contributed by atoms with Gasteiger partial charge in [-0.3, -0.25) is 4.79 Å². The number of carbonyl (C=O) groups is 1. The molecule has 0 bridgehead atoms. The molecule has 100 valence electrons. The first-order valence-corrected chi connectivity index (χ1v) is 6.29. The molecule has 1 atom stereocenters. The molecule has 0 saturated carbocycles. The van der Waals surface area contributed by atoms with Crippen molar-refractivity contribution < 1.29 is 4.79 Å². The highest BCUT2D eigenvalue weighted by atomic mass is 35.5. The van der Waals surface area contributed by atoms with Crippen molar-refractivity contribution in [2.24, 2.45) is 0 Å². The van der Waals surface area contributed by atoms with E-state index >= 15 is 0 Å². The third kappa shape index (κ3) is 3.47. The summed E-state index contributed by atoms with van der Waals surface area (Å²) >= 11 is 0. The number of nitrogens with one attached hydrogen (secondary N) is 2. The van der Waals surface area contributed by atoms with E-state index in [2.05, 4.69) is 23.6 Å². The van der Waals surface area contributed by atoms with Crippen LogP contribution in [0.25, 0.3) is 0 Å². The zero-order valence-corrected chi connectivity index (χ0v) is 11.8. The monoisotopic (exact) mass is 268 g/mol. The van der Waals surface area contributed by atoms with Crippen LogP contribution in [0.3, 0.4) is 0 Å². The lowest BCUT2D eigenvalue weighted by Crippen LogP contribution is -2.43. The second kappa shape index (κ2) is 6.76. The maximum Gasteiger partial charge on any atom is 0.241 e. The summed E-state index contributed by atoms with van der Waals surface area (Å²) in [4.78, 5) is 12.1. The van der Waals surface area contributed by atoms with Gasteiger partial charge < -0.3 is 10.6 Å². The van der Waals surface area contributed by atoms with E-state index in [-0.39, 0.29) is 24.4 Å². The van der Waals surface area contributed by atoms with Gasteiger partial charge in [-0.1, -0.05) is 18.6 Å². The third-order valence-corrected chi connectivity index (χ3v) is 3.49. The maximum absolute atomic E-state index is 12.1. The predicted octanol–water partition coefficient (Wildman–Crippen LogP) is 2.81. The molecule has 0 aromatic heterocycles. The van der Waals surface area contributed by atoms with E-state index in [1.807, 2.05) is 19.1 Å². The quantitative estimate of drug-likeness (QED) is 0.866. The lowest BCUT2D eigenvalue weighted by atomic mass is 10.0. The van der Waals surface area contributed by atoms with Crippen molar-refractivity contribution in [1.29, 1.82) is 0 Å². The van der Waals surface area contributed by atoms with E-state index in [9.17, 15) is 4.79 Å². The molecule has 0 unspecified atom stereocenters. The predicted molar refractivity (Wildman–Crippen MR) is 77.4 cm³/mol. The first kappa shape index (κ1) is 15.0. The molecule has 1 saturated heterocycles. The number of benzene rings is 1. The van der Waals surface area contributed by atoms with Gasteiger partial charge in [-0.2, -0.15) is 0 Å². The fourth-order valence-corrected chi connectivity index (χ4v) is 2.18. The highest BCUT2D eigenvalue weighted by molar-refractivity contribution is 5.95. The molecule has 2 N–H and O–H groups in total. The molecule has 4 heteroatoms. The maximum atomic E-state index is 12.1. The van der Waals surface area contributed by atoms with Crippen LogP contribution in [-0.2, 0) is 4.79 Å². The second-order valence-corrected chi connectivity index (χ2v) is 4.74. The molecule has 0 radical (unpaired) electrons. The molecule has 1 amide bonds. The van der Waals surface area contributed by atoms with Crippen LogP contribution in [0.2, 0.25) is 0 Å². The summed E-state index contributed by atoms with van der Waals surface area (Å²) < 4.78 is 0. The minimum absolute atomic E-state index is 0. The van der Waals surface area contributed by atoms with Crippen LogP contribution >= 0.6 is 12.4 Å². The Kier molecular flexibility index (Phi) is 5.63. The number of carbonyl (C=O) groups excluding carboxylic acids is 1. The van der Waals surface area contributed by atoms with E-state index in [1.54, 1.807) is 0 Å². The van der Waals surface area contributed by atoms with Crippen LogP contribution in [0.4, 0.5) is 5.69 Å². The smallest absolute Gasteiger partial charge is 0.241 e. The average Bonchev–Trinajstić information content (AvgIpc) is 2.36. The van der Waals surface area contributed by atoms with Gasteiger partial charge >= 0.3 is 0 Å². The Morgan fingerprint density at radius 3 is 2.78 bits per heavy atom. The number of anilines is 1. The van der Waals surface area contributed by atoms with Crippen molar-refractivity contribution in [3.05, 3.63) is 29.3 Å². The highest BCUT2D eigenvalue weighted by Crippen LogP contribution is 2.19. The van der Waals surface area contributed by atoms with E-state index in [0.717, 1.165) is 30.6 Å². The fourth-order valence-electron chi connectivity index (χ4n) is 2.18. The molecule has 3 nitrogen and oxygen atoms in total. The highest BCUT2D eigenvalue weighted by Gasteiger charge is 2.20. The van der Waals surface area contributed by atoms with Crippen LogP contribution < -0.4 is 10.6 Å². The molecular weight excluding hydrogens is 248 g/mol. The van der Waals surface area contributed by atoms with Gasteiger partial charge in [0.1, 0.15) is 0 Å². The summed E-state index contributed by atoms with van der Waals surface area (Å²) in [5.74, 6) is 0.0957. The summed E-state index contributed by atoms with van der Waals surface area (Å²) in [6.07, 6.45) is 3.25. The SMILES string of the molecule is Cc1cccc(NC(=O)[C@@H]2CCCCN2)c1C.Cl. The Hall–Kier alpha value is -1.06. The van der Waals surface area contributed by atoms with Gasteiger partial charge in [0, 0.05) is 5.69 Å². The zero-order chi connectivity index (χ0) is 12.3. The average molecular weight is 269 g/mol. The number of hydrogen-bond donors (Lipinski definition) is 2. The summed E-state index contributed by atoms with van der Waals surface area (Å²) in [6.45, 7) is 5.05. The van der Waals surface area contributed by atoms with Crippen LogP contribution in [0.15, 0.2) is 18.2 Å². The Balaban J connectivity index is 0.00000162. The Morgan fingerprint density at radius 1 is 1.33 bits per heavy atom. The number of aryl methyl sites for hydroxylation is 1. The summed E-state index contributed by atoms with van der Waals surface area (Å²) in [5.41, 5.74) is 3.29. The van der Waals surface area contributed by atoms with Crippen LogP contribution in [0, 0.1) is 13.8 Å². The molecular formula is C14H21ClN2O. The largest absolute Gasteiger partial charge is 0.324 e. The van der Waals surface area contributed by atoms with Gasteiger partial charge in [-0.05, 0) is 50.4 Å². The Labute approximate surface area is 115 Å². The van der Waals surface area contributed by atoms with Crippen molar-refractivity contribution in [3.63, 3.8) is 0 Å². The van der Waals surface area contributed by atoms with E-state index in [1.165, 1.54) is 12.0 Å². The third-order valence-electron chi connectivity index (χ3n) is 3.49. The van der Waals surface area contributed by atoms with Gasteiger partial charge in [0.2, 0.25) is 5.91 Å². The number of amides is 1. The minimum Gasteiger partial charge on any atom is -0.324 e. The zero-order valence-electron chi connectivity index (χ0n) is 11.0. The van der Waals surface area contributed by atoms with Gasteiger partial charge in [-0.15, -0.1) is 12.4 Å². The van der Waals surface area contributed by atoms with Crippen molar-refractivity contribution in [3.8, 4) is 0 Å². The number of halogens is 1. The molecule has 1 heterocycles. The summed E-state index contributed by atoms with van der Waals surface area (Å²) in [5, 5.41) is 6.28. The summed E-state index contributed by atoms with van der Waals surface area (Å²) in [6, 6.07) is 5.97. The van der Waals surface area contributed by atoms with Gasteiger partial charge in [0.05, 0.1) is 6.04 Å². The number of hydrogen-bond acceptors (Lipinski definition) is 2. The lowest BCUT2D eigenvalue weighted by Gasteiger charge is -2.23. The van der Waals surface area contributed by atoms with Crippen LogP contribution in [0.5, 0.6) is 0 Å². The van der Waals surface area contributed by atoms with Crippen molar-refractivity contribution >= 4 is 24.0 Å². The van der Waals surface area contributed by atoms with E-state index < -0.39 is 0 Å². The van der Waals surface area contributed by atoms with Gasteiger partial charge in [0.15, 0.2) is 0 Å². The molecule has 2 rings (SSSR count). The van der Waals surface area contributed by atoms with Gasteiger partial charge in [0.25, 0.3) is 0 Å². The molecule has 1 aromatic rings. The minimum atomic E-state index is -0.0244. The topological polar surface area (TPSA) is 41.1 Å². The fraction of sp³-hybridized carbons (Fsp3) is 0.500. The number of rotatable bonds is 2. The van der Waals surface area contributed by atoms with Crippen LogP contribution in [-0.4, -0.2) is 18.5 Å². The molecule has 1 fully saturated rings. The lowest BCUT2D eigenvalue weighted by molar-refractivity contribution is -0.118. The van der Waals surface area contributed by atoms with Crippen molar-refractivity contribution in [2.75, 3.05) is 11.9 Å². The second-order valence-electron chi connectivity index (χ2n) is 4.74. The van der Waals surface area contributed by atoms with E-state index in [0.29, 0.717) is 0 Å². The molecule has 0 aliphatic carbocycles. The standard InChI is InChI=1S/C14H20N2O.ClH/c1-10-6-5-8-12(11(10)2)16-14(17)13-7-3-4-9-15-13;/h5-6,8,13,15H,3-4,7,9H2,1-2H3,(H,16,17);1H/t13-;/m0./s1.